The van der Waals surface area contributed by atoms with Crippen LogP contribution in [-0.2, 0) is 14.0 Å². The predicted molar refractivity (Wildman–Crippen MR) is 52.7 cm³/mol. The summed E-state index contributed by atoms with van der Waals surface area (Å²) < 4.78 is 86.0. The first-order valence-electron chi connectivity index (χ1n) is 5.06. The van der Waals surface area contributed by atoms with Crippen LogP contribution in [0.25, 0.3) is 0 Å². The first kappa shape index (κ1) is 16.8. The summed E-state index contributed by atoms with van der Waals surface area (Å²) in [6, 6.07) is 0. The van der Waals surface area contributed by atoms with Gasteiger partial charge in [-0.25, -0.2) is 4.31 Å². The molecule has 0 saturated carbocycles. The van der Waals surface area contributed by atoms with Gasteiger partial charge < -0.3 is 4.74 Å². The van der Waals surface area contributed by atoms with E-state index in [9.17, 15) is 26.3 Å². The van der Waals surface area contributed by atoms with E-state index in [4.69, 9.17) is 4.74 Å². The largest absolute Gasteiger partial charge is 0.452 e. The Bertz CT molecular complexity index is 295. The number of hydrogen-bond acceptors (Lipinski definition) is 5. The lowest BCUT2D eigenvalue weighted by Crippen LogP contribution is -2.53. The van der Waals surface area contributed by atoms with Crippen molar-refractivity contribution in [3.63, 3.8) is 0 Å². The van der Waals surface area contributed by atoms with Crippen molar-refractivity contribution in [2.24, 2.45) is 0 Å². The van der Waals surface area contributed by atoms with E-state index in [1.807, 2.05) is 0 Å². The van der Waals surface area contributed by atoms with E-state index in [-0.39, 0.29) is 19.2 Å². The van der Waals surface area contributed by atoms with Gasteiger partial charge in [0.2, 0.25) is 0 Å². The molecule has 0 radical (unpaired) electrons. The Morgan fingerprint density at radius 1 is 1.05 bits per heavy atom. The summed E-state index contributed by atoms with van der Waals surface area (Å²) >= 11 is 0.224. The molecule has 0 unspecified atom stereocenters. The van der Waals surface area contributed by atoms with Gasteiger partial charge in [-0.2, -0.15) is 26.3 Å². The Hall–Kier alpha value is -0.230. The summed E-state index contributed by atoms with van der Waals surface area (Å²) in [5.41, 5.74) is 0. The molecule has 114 valence electrons. The highest BCUT2D eigenvalue weighted by molar-refractivity contribution is 7.92. The van der Waals surface area contributed by atoms with E-state index in [1.165, 1.54) is 4.31 Å². The fourth-order valence-corrected chi connectivity index (χ4v) is 1.53. The first-order chi connectivity index (χ1) is 8.58. The number of ether oxygens (including phenoxy) is 1. The first-order valence-corrected chi connectivity index (χ1v) is 5.76. The molecule has 19 heavy (non-hydrogen) atoms. The Morgan fingerprint density at radius 3 is 2.05 bits per heavy atom. The molecule has 1 fully saturated rings. The average molecular weight is 315 g/mol. The molecule has 11 heteroatoms. The van der Waals surface area contributed by atoms with Gasteiger partial charge in [-0.3, -0.25) is 0 Å². The fourth-order valence-electron chi connectivity index (χ4n) is 1.03. The molecule has 0 aromatic heterocycles. The van der Waals surface area contributed by atoms with Crippen LogP contribution in [0.3, 0.4) is 0 Å². The highest BCUT2D eigenvalue weighted by Gasteiger charge is 2.71. The van der Waals surface area contributed by atoms with Gasteiger partial charge in [0, 0.05) is 20.0 Å². The van der Waals surface area contributed by atoms with Crippen LogP contribution in [0.15, 0.2) is 0 Å². The quantitative estimate of drug-likeness (QED) is 0.247. The van der Waals surface area contributed by atoms with Crippen LogP contribution in [0.1, 0.15) is 6.92 Å². The van der Waals surface area contributed by atoms with Crippen LogP contribution >= 0.6 is 12.2 Å². The summed E-state index contributed by atoms with van der Waals surface area (Å²) in [5, 5.41) is 0. The second-order valence-corrected chi connectivity index (χ2v) is 4.55. The number of alkyl halides is 6. The third kappa shape index (κ3) is 4.12. The van der Waals surface area contributed by atoms with Crippen LogP contribution in [0.4, 0.5) is 26.3 Å². The highest BCUT2D eigenvalue weighted by atomic mass is 32.2. The lowest BCUT2D eigenvalue weighted by molar-refractivity contribution is -0.470. The summed E-state index contributed by atoms with van der Waals surface area (Å²) in [6.45, 7) is 0.852. The van der Waals surface area contributed by atoms with Crippen molar-refractivity contribution in [1.29, 1.82) is 0 Å². The topological polar surface area (TPSA) is 30.9 Å². The molecule has 0 spiro atoms. The van der Waals surface area contributed by atoms with Crippen molar-refractivity contribution >= 4 is 12.2 Å². The maximum absolute atomic E-state index is 12.8. The molecular weight excluding hydrogens is 304 g/mol. The third-order valence-corrected chi connectivity index (χ3v) is 2.87. The molecule has 1 aliphatic heterocycles. The van der Waals surface area contributed by atoms with Crippen molar-refractivity contribution in [1.82, 2.24) is 4.31 Å². The van der Waals surface area contributed by atoms with E-state index in [0.717, 1.165) is 0 Å². The van der Waals surface area contributed by atoms with Gasteiger partial charge in [-0.1, -0.05) is 0 Å². The zero-order valence-electron chi connectivity index (χ0n) is 9.68. The average Bonchev–Trinajstić information content (AvgIpc) is 2.28. The van der Waals surface area contributed by atoms with E-state index in [0.29, 0.717) is 26.3 Å². The minimum atomic E-state index is -5.69. The maximum atomic E-state index is 12.8. The molecule has 1 saturated heterocycles. The molecule has 1 heterocycles. The Labute approximate surface area is 109 Å². The smallest absolute Gasteiger partial charge is 0.379 e. The van der Waals surface area contributed by atoms with Crippen LogP contribution in [0, 0.1) is 0 Å². The van der Waals surface area contributed by atoms with Gasteiger partial charge >= 0.3 is 18.0 Å². The van der Waals surface area contributed by atoms with Crippen molar-refractivity contribution in [2.75, 3.05) is 26.3 Å². The van der Waals surface area contributed by atoms with Crippen molar-refractivity contribution in [3.05, 3.63) is 0 Å². The Morgan fingerprint density at radius 2 is 1.58 bits per heavy atom. The molecule has 1 aliphatic rings. The second-order valence-electron chi connectivity index (χ2n) is 3.75. The van der Waals surface area contributed by atoms with Crippen LogP contribution in [0.2, 0.25) is 0 Å². The number of morpholine rings is 1. The lowest BCUT2D eigenvalue weighted by Gasteiger charge is -2.29. The SMILES string of the molecule is CC(F)(F)C(F)(F)C(F)(F)OOSN1CCOCC1. The number of hydrogen-bond donors (Lipinski definition) is 0. The molecule has 4 nitrogen and oxygen atoms in total. The molecule has 0 aliphatic carbocycles. The number of rotatable bonds is 6. The van der Waals surface area contributed by atoms with Gasteiger partial charge in [0.1, 0.15) is 12.2 Å². The van der Waals surface area contributed by atoms with E-state index in [2.05, 4.69) is 9.22 Å². The summed E-state index contributed by atoms with van der Waals surface area (Å²) in [5.74, 6) is -10.6. The minimum absolute atomic E-state index is 0.224. The monoisotopic (exact) mass is 315 g/mol. The van der Waals surface area contributed by atoms with E-state index >= 15 is 0 Å². The molecule has 0 N–H and O–H groups in total. The van der Waals surface area contributed by atoms with Crippen LogP contribution in [-0.4, -0.2) is 48.6 Å². The minimum Gasteiger partial charge on any atom is -0.379 e. The zero-order chi connectivity index (χ0) is 14.7. The summed E-state index contributed by atoms with van der Waals surface area (Å²) in [7, 11) is 0. The van der Waals surface area contributed by atoms with Crippen LogP contribution in [0.5, 0.6) is 0 Å². The number of halogens is 6. The molecule has 0 atom stereocenters. The van der Waals surface area contributed by atoms with Crippen molar-refractivity contribution in [2.45, 2.75) is 24.9 Å². The molecule has 0 bridgehead atoms. The highest BCUT2D eigenvalue weighted by Crippen LogP contribution is 2.46. The predicted octanol–water partition coefficient (Wildman–Crippen LogP) is 2.71. The van der Waals surface area contributed by atoms with Crippen molar-refractivity contribution in [3.8, 4) is 0 Å². The van der Waals surface area contributed by atoms with Crippen molar-refractivity contribution < 1.29 is 40.3 Å². The molecule has 0 aromatic carbocycles. The third-order valence-electron chi connectivity index (χ3n) is 2.16. The standard InChI is InChI=1S/C8H11F6NO3S/c1-6(9,10)7(11,12)8(13,14)17-18-19-15-2-4-16-5-3-15/h2-5H2,1H3. The fraction of sp³-hybridized carbons (Fsp3) is 1.00. The lowest BCUT2D eigenvalue weighted by atomic mass is 10.2. The van der Waals surface area contributed by atoms with E-state index < -0.39 is 18.0 Å². The molecule has 0 amide bonds. The zero-order valence-corrected chi connectivity index (χ0v) is 10.5. The van der Waals surface area contributed by atoms with Gasteiger partial charge in [-0.05, 0) is 0 Å². The molecule has 1 rings (SSSR count). The Kier molecular flexibility index (Phi) is 5.35. The summed E-state index contributed by atoms with van der Waals surface area (Å²) in [4.78, 5) is 3.14. The van der Waals surface area contributed by atoms with Gasteiger partial charge in [0.05, 0.1) is 13.2 Å². The molecular formula is C8H11F6NO3S. The van der Waals surface area contributed by atoms with E-state index in [1.54, 1.807) is 0 Å². The molecule has 0 aromatic rings. The van der Waals surface area contributed by atoms with Gasteiger partial charge in [-0.15, -0.1) is 9.22 Å². The second kappa shape index (κ2) is 6.04. The maximum Gasteiger partial charge on any atom is 0.452 e. The number of nitrogens with zero attached hydrogens (tertiary/aromatic N) is 1. The summed E-state index contributed by atoms with van der Waals surface area (Å²) in [6.07, 6.45) is -5.45. The van der Waals surface area contributed by atoms with Gasteiger partial charge in [0.25, 0.3) is 0 Å². The van der Waals surface area contributed by atoms with Crippen LogP contribution < -0.4 is 0 Å². The Balaban J connectivity index is 2.45. The normalized spacial score (nSPS) is 19.7. The van der Waals surface area contributed by atoms with Gasteiger partial charge in [0.15, 0.2) is 0 Å².